The Balaban J connectivity index is 2.21. The summed E-state index contributed by atoms with van der Waals surface area (Å²) in [5.41, 5.74) is 2.68. The lowest BCUT2D eigenvalue weighted by Gasteiger charge is -2.09. The van der Waals surface area contributed by atoms with Gasteiger partial charge in [0.05, 0.1) is 18.4 Å². The highest BCUT2D eigenvalue weighted by Crippen LogP contribution is 2.34. The highest BCUT2D eigenvalue weighted by Gasteiger charge is 2.20. The molecular weight excluding hydrogens is 302 g/mol. The second kappa shape index (κ2) is 5.69. The fourth-order valence-corrected chi connectivity index (χ4v) is 2.55. The first-order chi connectivity index (χ1) is 10.6. The van der Waals surface area contributed by atoms with Gasteiger partial charge in [-0.1, -0.05) is 11.6 Å². The number of pyridine rings is 1. The normalized spacial score (nSPS) is 10.7. The highest BCUT2D eigenvalue weighted by atomic mass is 35.5. The van der Waals surface area contributed by atoms with Crippen LogP contribution in [0.4, 0.5) is 0 Å². The van der Waals surface area contributed by atoms with E-state index in [1.807, 2.05) is 13.0 Å². The number of hydrogen-bond donors (Lipinski definition) is 1. The van der Waals surface area contributed by atoms with Gasteiger partial charge in [0.15, 0.2) is 5.82 Å². The molecule has 1 N–H and O–H groups in total. The van der Waals surface area contributed by atoms with Crippen LogP contribution in [0.15, 0.2) is 42.7 Å². The molecule has 0 unspecified atom stereocenters. The lowest BCUT2D eigenvalue weighted by atomic mass is 10.2. The van der Waals surface area contributed by atoms with Crippen LogP contribution in [0.3, 0.4) is 0 Å². The summed E-state index contributed by atoms with van der Waals surface area (Å²) in [5, 5.41) is 11.1. The molecule has 0 atom stereocenters. The second-order valence-corrected chi connectivity index (χ2v) is 5.20. The van der Waals surface area contributed by atoms with E-state index in [0.717, 1.165) is 10.3 Å². The zero-order valence-corrected chi connectivity index (χ0v) is 12.9. The third kappa shape index (κ3) is 2.40. The van der Waals surface area contributed by atoms with Gasteiger partial charge < -0.3 is 9.94 Å². The van der Waals surface area contributed by atoms with Crippen molar-refractivity contribution in [2.24, 2.45) is 0 Å². The van der Waals surface area contributed by atoms with E-state index in [1.165, 1.54) is 0 Å². The maximum atomic E-state index is 10.6. The van der Waals surface area contributed by atoms with Gasteiger partial charge in [-0.25, -0.2) is 4.98 Å². The molecular formula is C16H14ClN3O2. The smallest absolute Gasteiger partial charge is 0.180 e. The number of ether oxygens (including phenoxy) is 1. The molecule has 0 radical (unpaired) electrons. The van der Waals surface area contributed by atoms with E-state index in [2.05, 4.69) is 9.97 Å². The summed E-state index contributed by atoms with van der Waals surface area (Å²) in [4.78, 5) is 8.53. The van der Waals surface area contributed by atoms with E-state index in [9.17, 15) is 5.21 Å². The zero-order chi connectivity index (χ0) is 15.7. The summed E-state index contributed by atoms with van der Waals surface area (Å²) >= 11 is 6.06. The second-order valence-electron chi connectivity index (χ2n) is 4.77. The Labute approximate surface area is 132 Å². The predicted octanol–water partition coefficient (Wildman–Crippen LogP) is 3.82. The lowest BCUT2D eigenvalue weighted by Crippen LogP contribution is -1.99. The number of rotatable bonds is 3. The van der Waals surface area contributed by atoms with Crippen molar-refractivity contribution in [2.45, 2.75) is 6.92 Å². The Hall–Kier alpha value is -2.53. The minimum Gasteiger partial charge on any atom is -0.496 e. The van der Waals surface area contributed by atoms with Gasteiger partial charge in [-0.3, -0.25) is 4.98 Å². The number of imidazole rings is 1. The molecule has 0 amide bonds. The molecule has 112 valence electrons. The first kappa shape index (κ1) is 14.4. The van der Waals surface area contributed by atoms with Crippen LogP contribution >= 0.6 is 11.6 Å². The molecule has 0 aliphatic carbocycles. The minimum atomic E-state index is 0.371. The van der Waals surface area contributed by atoms with Crippen LogP contribution in [0, 0.1) is 6.92 Å². The standard InChI is InChI=1S/C16H14ClN3O2/c1-10-15(11-4-3-7-18-9-11)20(21)16(19-10)13-8-12(17)5-6-14(13)22-2/h3-9,21H,1-2H3. The molecule has 0 saturated carbocycles. The molecule has 1 aromatic carbocycles. The fraction of sp³-hybridized carbons (Fsp3) is 0.125. The van der Waals surface area contributed by atoms with Gasteiger partial charge in [-0.2, -0.15) is 4.73 Å². The first-order valence-corrected chi connectivity index (χ1v) is 7.02. The molecule has 3 aromatic rings. The minimum absolute atomic E-state index is 0.371. The molecule has 2 aromatic heterocycles. The number of nitrogens with zero attached hydrogens (tertiary/aromatic N) is 3. The molecule has 0 saturated heterocycles. The van der Waals surface area contributed by atoms with Crippen LogP contribution in [0.5, 0.6) is 5.75 Å². The number of benzene rings is 1. The Bertz CT molecular complexity index is 816. The molecule has 0 bridgehead atoms. The summed E-state index contributed by atoms with van der Waals surface area (Å²) in [6.45, 7) is 1.83. The van der Waals surface area contributed by atoms with Crippen LogP contribution < -0.4 is 4.74 Å². The average molecular weight is 316 g/mol. The van der Waals surface area contributed by atoms with Gasteiger partial charge in [0.1, 0.15) is 11.4 Å². The topological polar surface area (TPSA) is 60.2 Å². The largest absolute Gasteiger partial charge is 0.496 e. The molecule has 6 heteroatoms. The predicted molar refractivity (Wildman–Crippen MR) is 84.4 cm³/mol. The molecule has 0 aliphatic rings. The molecule has 2 heterocycles. The number of hydrogen-bond acceptors (Lipinski definition) is 4. The van der Waals surface area contributed by atoms with E-state index in [0.29, 0.717) is 33.5 Å². The van der Waals surface area contributed by atoms with E-state index in [-0.39, 0.29) is 0 Å². The van der Waals surface area contributed by atoms with Crippen LogP contribution in [-0.2, 0) is 0 Å². The van der Waals surface area contributed by atoms with Crippen molar-refractivity contribution in [3.63, 3.8) is 0 Å². The Morgan fingerprint density at radius 3 is 2.77 bits per heavy atom. The number of methoxy groups -OCH3 is 1. The Kier molecular flexibility index (Phi) is 3.73. The van der Waals surface area contributed by atoms with Gasteiger partial charge in [0, 0.05) is 23.0 Å². The van der Waals surface area contributed by atoms with E-state index < -0.39 is 0 Å². The van der Waals surface area contributed by atoms with Gasteiger partial charge in [0.25, 0.3) is 0 Å². The van der Waals surface area contributed by atoms with Crippen molar-refractivity contribution in [1.29, 1.82) is 0 Å². The van der Waals surface area contributed by atoms with E-state index in [1.54, 1.807) is 43.8 Å². The van der Waals surface area contributed by atoms with E-state index in [4.69, 9.17) is 16.3 Å². The van der Waals surface area contributed by atoms with Crippen molar-refractivity contribution in [3.05, 3.63) is 53.4 Å². The molecule has 0 aliphatic heterocycles. The lowest BCUT2D eigenvalue weighted by molar-refractivity contribution is 0.195. The zero-order valence-electron chi connectivity index (χ0n) is 12.1. The molecule has 0 fully saturated rings. The third-order valence-corrected chi connectivity index (χ3v) is 3.60. The fourth-order valence-electron chi connectivity index (χ4n) is 2.38. The Morgan fingerprint density at radius 1 is 1.27 bits per heavy atom. The summed E-state index contributed by atoms with van der Waals surface area (Å²) in [5.74, 6) is 0.957. The first-order valence-electron chi connectivity index (χ1n) is 6.64. The van der Waals surface area contributed by atoms with Crippen LogP contribution in [0.25, 0.3) is 22.6 Å². The number of aryl methyl sites for hydroxylation is 1. The monoisotopic (exact) mass is 315 g/mol. The molecule has 0 spiro atoms. The number of halogens is 1. The van der Waals surface area contributed by atoms with Crippen molar-refractivity contribution in [2.75, 3.05) is 7.11 Å². The summed E-state index contributed by atoms with van der Waals surface area (Å²) < 4.78 is 6.37. The van der Waals surface area contributed by atoms with Crippen molar-refractivity contribution < 1.29 is 9.94 Å². The van der Waals surface area contributed by atoms with Gasteiger partial charge in [0.2, 0.25) is 0 Å². The van der Waals surface area contributed by atoms with Crippen LogP contribution in [0.2, 0.25) is 5.02 Å². The molecule has 22 heavy (non-hydrogen) atoms. The Morgan fingerprint density at radius 2 is 2.09 bits per heavy atom. The average Bonchev–Trinajstić information content (AvgIpc) is 2.83. The maximum Gasteiger partial charge on any atom is 0.180 e. The van der Waals surface area contributed by atoms with Crippen molar-refractivity contribution in [1.82, 2.24) is 14.7 Å². The van der Waals surface area contributed by atoms with Gasteiger partial charge in [-0.15, -0.1) is 0 Å². The molecule has 3 rings (SSSR count). The maximum absolute atomic E-state index is 10.6. The van der Waals surface area contributed by atoms with Gasteiger partial charge >= 0.3 is 0 Å². The highest BCUT2D eigenvalue weighted by molar-refractivity contribution is 6.30. The number of aromatic nitrogens is 3. The summed E-state index contributed by atoms with van der Waals surface area (Å²) in [6.07, 6.45) is 3.35. The molecule has 5 nitrogen and oxygen atoms in total. The van der Waals surface area contributed by atoms with Gasteiger partial charge in [-0.05, 0) is 37.3 Å². The van der Waals surface area contributed by atoms with Crippen LogP contribution in [-0.4, -0.2) is 27.0 Å². The summed E-state index contributed by atoms with van der Waals surface area (Å²) in [7, 11) is 1.56. The van der Waals surface area contributed by atoms with E-state index >= 15 is 0 Å². The summed E-state index contributed by atoms with van der Waals surface area (Å²) in [6, 6.07) is 8.85. The van der Waals surface area contributed by atoms with Crippen LogP contribution in [0.1, 0.15) is 5.69 Å². The van der Waals surface area contributed by atoms with Crippen molar-refractivity contribution in [3.8, 4) is 28.4 Å². The SMILES string of the molecule is COc1ccc(Cl)cc1-c1nc(C)c(-c2cccnc2)n1O. The quantitative estimate of drug-likeness (QED) is 0.746. The van der Waals surface area contributed by atoms with Crippen molar-refractivity contribution >= 4 is 11.6 Å². The third-order valence-electron chi connectivity index (χ3n) is 3.37.